The molecule has 2 atom stereocenters. The van der Waals surface area contributed by atoms with Crippen molar-refractivity contribution in [1.82, 2.24) is 9.62 Å². The van der Waals surface area contributed by atoms with Crippen molar-refractivity contribution in [3.05, 3.63) is 78.2 Å². The summed E-state index contributed by atoms with van der Waals surface area (Å²) in [6.07, 6.45) is 9.75. The lowest BCUT2D eigenvalue weighted by molar-refractivity contribution is -0.117. The Morgan fingerprint density at radius 3 is 2.62 bits per heavy atom. The van der Waals surface area contributed by atoms with Crippen LogP contribution in [0.4, 0.5) is 16.2 Å². The molecule has 2 saturated heterocycles. The Labute approximate surface area is 229 Å². The van der Waals surface area contributed by atoms with Crippen molar-refractivity contribution >= 4 is 39.0 Å². The van der Waals surface area contributed by atoms with Crippen LogP contribution in [0, 0.1) is 0 Å². The van der Waals surface area contributed by atoms with Gasteiger partial charge >= 0.3 is 6.09 Å². The van der Waals surface area contributed by atoms with Crippen LogP contribution in [0.15, 0.2) is 72.6 Å². The third kappa shape index (κ3) is 5.25. The molecular formula is C29H34N4O5S. The summed E-state index contributed by atoms with van der Waals surface area (Å²) in [5.41, 5.74) is 4.96. The summed E-state index contributed by atoms with van der Waals surface area (Å²) in [4.78, 5) is 29.3. The first-order valence-electron chi connectivity index (χ1n) is 13.2. The molecule has 1 aromatic carbocycles. The van der Waals surface area contributed by atoms with Crippen molar-refractivity contribution in [3.63, 3.8) is 0 Å². The first-order valence-corrected chi connectivity index (χ1v) is 14.8. The van der Waals surface area contributed by atoms with Gasteiger partial charge in [-0.05, 0) is 73.6 Å². The van der Waals surface area contributed by atoms with Crippen LogP contribution in [0.2, 0.25) is 0 Å². The Morgan fingerprint density at radius 1 is 1.10 bits per heavy atom. The van der Waals surface area contributed by atoms with E-state index in [0.717, 1.165) is 36.1 Å². The maximum absolute atomic E-state index is 13.5. The zero-order valence-electron chi connectivity index (χ0n) is 22.4. The first kappa shape index (κ1) is 26.8. The molecule has 0 radical (unpaired) electrons. The van der Waals surface area contributed by atoms with Gasteiger partial charge in [0.15, 0.2) is 6.23 Å². The van der Waals surface area contributed by atoms with E-state index in [9.17, 15) is 18.0 Å². The van der Waals surface area contributed by atoms with Crippen LogP contribution in [0.25, 0.3) is 5.57 Å². The molecule has 6 rings (SSSR count). The van der Waals surface area contributed by atoms with Crippen LogP contribution < -0.4 is 15.1 Å². The largest absolute Gasteiger partial charge is 0.421 e. The lowest BCUT2D eigenvalue weighted by Gasteiger charge is -2.41. The average molecular weight is 551 g/mol. The van der Waals surface area contributed by atoms with Crippen LogP contribution in [0.3, 0.4) is 0 Å². The van der Waals surface area contributed by atoms with Crippen LogP contribution in [-0.4, -0.2) is 55.8 Å². The molecule has 206 valence electrons. The number of nitrogens with zero attached hydrogens (tertiary/aromatic N) is 3. The fraction of sp³-hybridized carbons (Fsp3) is 0.379. The summed E-state index contributed by atoms with van der Waals surface area (Å²) < 4.78 is 31.7. The number of nitrogens with one attached hydrogen (secondary N) is 1. The van der Waals surface area contributed by atoms with Crippen LogP contribution in [0.1, 0.15) is 45.1 Å². The topological polar surface area (TPSA) is 99.3 Å². The standard InChI is InChI=1S/C29H34N4O5S/c1-19(9-10-20(2)32-15-6-16-39(32,36)37)24-12-14-26-27(17-24)31(18-21(3)33(26)22(4)34)29(35)38-28-23-7-5-8-25(30-28)13-11-23/h9-14,17,21,28,30H,1-2,5-8,15-16,18H2,3-4H3/b10-9-. The fourth-order valence-corrected chi connectivity index (χ4v) is 7.08. The summed E-state index contributed by atoms with van der Waals surface area (Å²) in [7, 11) is -3.32. The molecule has 2 amide bonds. The Kier molecular flexibility index (Phi) is 7.15. The van der Waals surface area contributed by atoms with Crippen molar-refractivity contribution in [2.45, 2.75) is 51.8 Å². The van der Waals surface area contributed by atoms with Gasteiger partial charge in [-0.15, -0.1) is 0 Å². The van der Waals surface area contributed by atoms with Crippen molar-refractivity contribution in [2.24, 2.45) is 0 Å². The highest BCUT2D eigenvalue weighted by molar-refractivity contribution is 7.89. The number of ether oxygens (including phenoxy) is 1. The number of carbonyl (C=O) groups is 2. The van der Waals surface area contributed by atoms with E-state index in [-0.39, 0.29) is 24.2 Å². The highest BCUT2D eigenvalue weighted by Crippen LogP contribution is 2.39. The third-order valence-electron chi connectivity index (χ3n) is 7.52. The molecule has 10 heteroatoms. The molecule has 4 heterocycles. The number of sulfonamides is 1. The van der Waals surface area contributed by atoms with E-state index in [1.807, 2.05) is 31.2 Å². The van der Waals surface area contributed by atoms with Gasteiger partial charge in [0.05, 0.1) is 23.2 Å². The Bertz CT molecular complexity index is 1440. The lowest BCUT2D eigenvalue weighted by atomic mass is 10.0. The van der Waals surface area contributed by atoms with Gasteiger partial charge in [-0.2, -0.15) is 0 Å². The minimum absolute atomic E-state index is 0.119. The number of anilines is 2. The molecule has 9 nitrogen and oxygen atoms in total. The molecule has 4 aliphatic heterocycles. The van der Waals surface area contributed by atoms with Crippen molar-refractivity contribution < 1.29 is 22.7 Å². The van der Waals surface area contributed by atoms with Crippen LogP contribution in [0.5, 0.6) is 0 Å². The predicted molar refractivity (Wildman–Crippen MR) is 152 cm³/mol. The number of carbonyl (C=O) groups excluding carboxylic acids is 2. The van der Waals surface area contributed by atoms with E-state index in [4.69, 9.17) is 4.74 Å². The molecule has 39 heavy (non-hydrogen) atoms. The van der Waals surface area contributed by atoms with Gasteiger partial charge in [0.25, 0.3) is 0 Å². The van der Waals surface area contributed by atoms with Gasteiger partial charge in [-0.3, -0.25) is 14.0 Å². The number of rotatable bonds is 5. The van der Waals surface area contributed by atoms with E-state index < -0.39 is 22.3 Å². The SMILES string of the molecule is C=C(/C=C\C(=C)N1CCCS1(=O)=O)c1ccc2c(c1)N(C(=O)OC1NC3=CC=C1CCC3)CC(C)N2C(C)=O. The number of dihydropyridines is 1. The first-order chi connectivity index (χ1) is 18.5. The van der Waals surface area contributed by atoms with Gasteiger partial charge in [0.2, 0.25) is 15.9 Å². The number of hydrogen-bond donors (Lipinski definition) is 1. The van der Waals surface area contributed by atoms with Gasteiger partial charge in [-0.25, -0.2) is 13.2 Å². The molecule has 0 spiro atoms. The number of amides is 2. The molecule has 2 unspecified atom stereocenters. The van der Waals surface area contributed by atoms with Gasteiger partial charge in [-0.1, -0.05) is 31.4 Å². The summed E-state index contributed by atoms with van der Waals surface area (Å²) >= 11 is 0. The third-order valence-corrected chi connectivity index (χ3v) is 9.42. The van der Waals surface area contributed by atoms with E-state index in [2.05, 4.69) is 18.5 Å². The molecule has 1 aromatic rings. The second-order valence-electron chi connectivity index (χ2n) is 10.3. The highest BCUT2D eigenvalue weighted by atomic mass is 32.2. The Balaban J connectivity index is 1.41. The van der Waals surface area contributed by atoms with Crippen LogP contribution in [-0.2, 0) is 19.6 Å². The zero-order chi connectivity index (χ0) is 27.9. The van der Waals surface area contributed by atoms with Gasteiger partial charge in [0.1, 0.15) is 0 Å². The maximum atomic E-state index is 13.5. The zero-order valence-corrected chi connectivity index (χ0v) is 23.2. The molecule has 2 bridgehead atoms. The Hall–Kier alpha value is -3.79. The Morgan fingerprint density at radius 2 is 1.90 bits per heavy atom. The molecule has 0 aromatic heterocycles. The second kappa shape index (κ2) is 10.4. The quantitative estimate of drug-likeness (QED) is 0.545. The van der Waals surface area contributed by atoms with Crippen molar-refractivity contribution in [2.75, 3.05) is 28.6 Å². The normalized spacial score (nSPS) is 23.5. The van der Waals surface area contributed by atoms with E-state index >= 15 is 0 Å². The molecule has 2 fully saturated rings. The minimum atomic E-state index is -3.32. The van der Waals surface area contributed by atoms with E-state index in [1.165, 1.54) is 11.2 Å². The second-order valence-corrected chi connectivity index (χ2v) is 12.4. The summed E-state index contributed by atoms with van der Waals surface area (Å²) in [5.74, 6) is -0.000316. The van der Waals surface area contributed by atoms with Gasteiger partial charge < -0.3 is 15.0 Å². The van der Waals surface area contributed by atoms with Crippen molar-refractivity contribution in [1.29, 1.82) is 0 Å². The minimum Gasteiger partial charge on any atom is -0.421 e. The lowest BCUT2D eigenvalue weighted by Crippen LogP contribution is -2.52. The van der Waals surface area contributed by atoms with E-state index in [1.54, 1.807) is 28.0 Å². The molecule has 0 saturated carbocycles. The smallest absolute Gasteiger partial charge is 0.416 e. The molecule has 5 aliphatic rings. The highest BCUT2D eigenvalue weighted by Gasteiger charge is 2.36. The maximum Gasteiger partial charge on any atom is 0.416 e. The summed E-state index contributed by atoms with van der Waals surface area (Å²) in [6, 6.07) is 5.21. The molecule has 1 N–H and O–H groups in total. The number of benzene rings is 1. The van der Waals surface area contributed by atoms with Gasteiger partial charge in [0, 0.05) is 31.4 Å². The summed E-state index contributed by atoms with van der Waals surface area (Å²) in [6.45, 7) is 12.1. The number of fused-ring (bicyclic) bond motifs is 5. The number of allylic oxidation sites excluding steroid dienone is 6. The predicted octanol–water partition coefficient (Wildman–Crippen LogP) is 4.43. The fourth-order valence-electron chi connectivity index (χ4n) is 5.54. The van der Waals surface area contributed by atoms with Crippen molar-refractivity contribution in [3.8, 4) is 0 Å². The monoisotopic (exact) mass is 550 g/mol. The summed E-state index contributed by atoms with van der Waals surface area (Å²) in [5, 5.41) is 3.31. The van der Waals surface area contributed by atoms with E-state index in [0.29, 0.717) is 35.6 Å². The molecular weight excluding hydrogens is 516 g/mol. The molecule has 1 aliphatic carbocycles. The number of hydrogen-bond acceptors (Lipinski definition) is 6. The average Bonchev–Trinajstić information content (AvgIpc) is 3.03. The van der Waals surface area contributed by atoms with Crippen LogP contribution >= 0.6 is 0 Å².